The summed E-state index contributed by atoms with van der Waals surface area (Å²) in [6.45, 7) is 1.96. The first-order chi connectivity index (χ1) is 15.3. The van der Waals surface area contributed by atoms with Crippen LogP contribution in [0.4, 0.5) is 10.1 Å². The first kappa shape index (κ1) is 20.5. The highest BCUT2D eigenvalue weighted by Crippen LogP contribution is 2.38. The van der Waals surface area contributed by atoms with Gasteiger partial charge in [-0.2, -0.15) is 0 Å². The summed E-state index contributed by atoms with van der Waals surface area (Å²) in [7, 11) is 0. The monoisotopic (exact) mass is 444 g/mol. The number of hydrogen-bond acceptors (Lipinski definition) is 8. The molecule has 1 aliphatic heterocycles. The topological polar surface area (TPSA) is 115 Å². The number of carbonyl (C=O) groups excluding carboxylic acids is 1. The van der Waals surface area contributed by atoms with Crippen LogP contribution in [0.25, 0.3) is 10.9 Å². The predicted octanol–water partition coefficient (Wildman–Crippen LogP) is 2.26. The number of fused-ring (bicyclic) bond motifs is 1. The smallest absolute Gasteiger partial charge is 0.454 e. The van der Waals surface area contributed by atoms with Gasteiger partial charge in [0.1, 0.15) is 11.4 Å². The first-order valence-corrected chi connectivity index (χ1v) is 10.4. The van der Waals surface area contributed by atoms with Gasteiger partial charge in [0.15, 0.2) is 18.1 Å². The van der Waals surface area contributed by atoms with E-state index in [-0.39, 0.29) is 35.1 Å². The molecule has 1 saturated carbocycles. The minimum absolute atomic E-state index is 0.0511. The predicted molar refractivity (Wildman–Crippen MR) is 110 cm³/mol. The molecule has 3 aromatic rings. The molecule has 1 saturated heterocycles. The van der Waals surface area contributed by atoms with Crippen LogP contribution in [-0.4, -0.2) is 34.8 Å². The third-order valence-corrected chi connectivity index (χ3v) is 5.93. The Labute approximate surface area is 180 Å². The van der Waals surface area contributed by atoms with E-state index in [1.54, 1.807) is 11.0 Å². The third kappa shape index (κ3) is 3.60. The van der Waals surface area contributed by atoms with Crippen molar-refractivity contribution in [2.75, 3.05) is 18.0 Å². The van der Waals surface area contributed by atoms with Crippen LogP contribution in [0.5, 0.6) is 0 Å². The number of esters is 1. The summed E-state index contributed by atoms with van der Waals surface area (Å²) in [5.74, 6) is -2.17. The molecule has 168 valence electrons. The highest BCUT2D eigenvalue weighted by atomic mass is 19.1. The Morgan fingerprint density at radius 2 is 2.03 bits per heavy atom. The molecule has 1 atom stereocenters. The van der Waals surface area contributed by atoms with E-state index < -0.39 is 29.1 Å². The van der Waals surface area contributed by atoms with E-state index in [1.165, 1.54) is 13.1 Å². The molecule has 0 spiro atoms. The number of halogens is 1. The van der Waals surface area contributed by atoms with Crippen LogP contribution >= 0.6 is 0 Å². The van der Waals surface area contributed by atoms with Gasteiger partial charge in [0.05, 0.1) is 17.3 Å². The Morgan fingerprint density at radius 3 is 2.66 bits per heavy atom. The molecule has 1 N–H and O–H groups in total. The van der Waals surface area contributed by atoms with E-state index in [0.717, 1.165) is 18.9 Å². The second-order valence-corrected chi connectivity index (χ2v) is 8.23. The molecule has 5 rings (SSSR count). The van der Waals surface area contributed by atoms with E-state index in [1.807, 2.05) is 4.57 Å². The number of anilines is 1. The highest BCUT2D eigenvalue weighted by Gasteiger charge is 2.29. The minimum Gasteiger partial charge on any atom is -0.454 e. The SMILES string of the molecule is Cc1oc(=O)oc1COC(=O)c1cn(C2CC2)c2cc(N3CC[C@H](O)C3)c(F)cc2c1=O. The van der Waals surface area contributed by atoms with E-state index in [0.29, 0.717) is 30.7 Å². The van der Waals surface area contributed by atoms with Gasteiger partial charge in [-0.25, -0.2) is 14.0 Å². The number of hydrogen-bond donors (Lipinski definition) is 1. The number of rotatable bonds is 5. The summed E-state index contributed by atoms with van der Waals surface area (Å²) < 4.78 is 31.4. The quantitative estimate of drug-likeness (QED) is 0.596. The number of aromatic nitrogens is 1. The molecule has 0 amide bonds. The Hall–Kier alpha value is -3.40. The highest BCUT2D eigenvalue weighted by molar-refractivity contribution is 5.94. The van der Waals surface area contributed by atoms with Gasteiger partial charge in [0.25, 0.3) is 0 Å². The number of carbonyl (C=O) groups is 1. The molecule has 0 unspecified atom stereocenters. The Balaban J connectivity index is 1.53. The van der Waals surface area contributed by atoms with Crippen molar-refractivity contribution in [2.45, 2.75) is 44.9 Å². The molecule has 1 aliphatic carbocycles. The molecule has 10 heteroatoms. The van der Waals surface area contributed by atoms with Crippen molar-refractivity contribution in [3.8, 4) is 0 Å². The van der Waals surface area contributed by atoms with Gasteiger partial charge in [-0.1, -0.05) is 0 Å². The number of benzene rings is 1. The lowest BCUT2D eigenvalue weighted by Gasteiger charge is -2.21. The molecule has 2 fully saturated rings. The first-order valence-electron chi connectivity index (χ1n) is 10.4. The number of β-amino-alcohol motifs (C(OH)–C–C–N with tert-alkyl or cyclic N) is 1. The van der Waals surface area contributed by atoms with E-state index in [9.17, 15) is 23.9 Å². The Bertz CT molecular complexity index is 1330. The van der Waals surface area contributed by atoms with Crippen LogP contribution < -0.4 is 16.2 Å². The van der Waals surface area contributed by atoms with Gasteiger partial charge in [0.2, 0.25) is 5.43 Å². The summed E-state index contributed by atoms with van der Waals surface area (Å²) >= 11 is 0. The van der Waals surface area contributed by atoms with Gasteiger partial charge >= 0.3 is 11.8 Å². The standard InChI is InChI=1S/C22H21FN2O7/c1-11-19(32-22(29)31-11)10-30-21(28)15-9-25(12-2-3-12)17-7-18(24-5-4-13(26)8-24)16(23)6-14(17)20(15)27/h6-7,9,12-13,26H,2-5,8,10H2,1H3/t13-/m0/s1. The summed E-state index contributed by atoms with van der Waals surface area (Å²) in [6, 6.07) is 2.86. The minimum atomic E-state index is -0.910. The second-order valence-electron chi connectivity index (χ2n) is 8.23. The number of ether oxygens (including phenoxy) is 1. The van der Waals surface area contributed by atoms with Crippen LogP contribution in [0.2, 0.25) is 0 Å². The molecule has 2 aromatic heterocycles. The third-order valence-electron chi connectivity index (χ3n) is 5.93. The average Bonchev–Trinajstić information content (AvgIpc) is 3.42. The maximum atomic E-state index is 14.9. The second kappa shape index (κ2) is 7.63. The lowest BCUT2D eigenvalue weighted by molar-refractivity contribution is 0.0440. The number of aliphatic hydroxyl groups is 1. The van der Waals surface area contributed by atoms with Crippen molar-refractivity contribution in [3.63, 3.8) is 0 Å². The molecule has 0 radical (unpaired) electrons. The summed E-state index contributed by atoms with van der Waals surface area (Å²) in [5, 5.41) is 9.89. The fourth-order valence-electron chi connectivity index (χ4n) is 4.08. The zero-order valence-corrected chi connectivity index (χ0v) is 17.3. The number of pyridine rings is 1. The van der Waals surface area contributed by atoms with Gasteiger partial charge in [-0.15, -0.1) is 0 Å². The van der Waals surface area contributed by atoms with Gasteiger partial charge in [-0.05, 0) is 38.3 Å². The summed E-state index contributed by atoms with van der Waals surface area (Å²) in [6.07, 6.45) is 3.23. The fourth-order valence-corrected chi connectivity index (χ4v) is 4.08. The summed E-state index contributed by atoms with van der Waals surface area (Å²) in [5.41, 5.74) is -0.0111. The average molecular weight is 444 g/mol. The van der Waals surface area contributed by atoms with Crippen LogP contribution in [0.3, 0.4) is 0 Å². The molecule has 3 heterocycles. The molecular weight excluding hydrogens is 423 g/mol. The lowest BCUT2D eigenvalue weighted by atomic mass is 10.1. The molecular formula is C22H21FN2O7. The molecule has 32 heavy (non-hydrogen) atoms. The van der Waals surface area contributed by atoms with Crippen LogP contribution in [0.15, 0.2) is 36.8 Å². The number of aryl methyl sites for hydroxylation is 1. The van der Waals surface area contributed by atoms with Crippen LogP contribution in [0.1, 0.15) is 47.2 Å². The van der Waals surface area contributed by atoms with E-state index in [4.69, 9.17) is 13.6 Å². The molecule has 0 bridgehead atoms. The molecule has 1 aromatic carbocycles. The van der Waals surface area contributed by atoms with E-state index in [2.05, 4.69) is 0 Å². The van der Waals surface area contributed by atoms with Crippen molar-refractivity contribution >= 4 is 22.6 Å². The van der Waals surface area contributed by atoms with Gasteiger partial charge in [-0.3, -0.25) is 4.79 Å². The van der Waals surface area contributed by atoms with Crippen molar-refractivity contribution in [1.82, 2.24) is 4.57 Å². The largest absolute Gasteiger partial charge is 0.519 e. The normalized spacial score (nSPS) is 18.5. The summed E-state index contributed by atoms with van der Waals surface area (Å²) in [4.78, 5) is 38.6. The van der Waals surface area contributed by atoms with Crippen molar-refractivity contribution in [3.05, 3.63) is 62.1 Å². The zero-order valence-electron chi connectivity index (χ0n) is 17.3. The lowest BCUT2D eigenvalue weighted by Crippen LogP contribution is -2.24. The molecule has 9 nitrogen and oxygen atoms in total. The maximum Gasteiger partial charge on any atom is 0.519 e. The van der Waals surface area contributed by atoms with Gasteiger partial charge in [0, 0.05) is 30.7 Å². The van der Waals surface area contributed by atoms with Crippen LogP contribution in [0, 0.1) is 12.7 Å². The van der Waals surface area contributed by atoms with Crippen LogP contribution in [-0.2, 0) is 11.3 Å². The zero-order chi connectivity index (χ0) is 22.6. The number of nitrogens with zero attached hydrogens (tertiary/aromatic N) is 2. The number of aliphatic hydroxyl groups excluding tert-OH is 1. The Kier molecular flexibility index (Phi) is 4.89. The van der Waals surface area contributed by atoms with E-state index >= 15 is 0 Å². The van der Waals surface area contributed by atoms with Gasteiger partial charge < -0.3 is 28.1 Å². The maximum absolute atomic E-state index is 14.9. The molecule has 2 aliphatic rings. The van der Waals surface area contributed by atoms with Crippen molar-refractivity contribution in [1.29, 1.82) is 0 Å². The van der Waals surface area contributed by atoms with Crippen molar-refractivity contribution in [2.24, 2.45) is 0 Å². The fraction of sp³-hybridized carbons (Fsp3) is 0.409. The Morgan fingerprint density at radius 1 is 1.25 bits per heavy atom. The van der Waals surface area contributed by atoms with Crippen molar-refractivity contribution < 1.29 is 27.9 Å².